The summed E-state index contributed by atoms with van der Waals surface area (Å²) in [6, 6.07) is 17.8. The molecule has 2 atom stereocenters. The second kappa shape index (κ2) is 13.1. The number of rotatable bonds is 10. The minimum absolute atomic E-state index is 0. The fourth-order valence-electron chi connectivity index (χ4n) is 4.90. The Hall–Kier alpha value is -2.80. The number of fused-ring (bicyclic) bond motifs is 1. The summed E-state index contributed by atoms with van der Waals surface area (Å²) in [7, 11) is 6.70. The molecule has 0 fully saturated rings. The van der Waals surface area contributed by atoms with Gasteiger partial charge in [0.1, 0.15) is 17.2 Å². The summed E-state index contributed by atoms with van der Waals surface area (Å²) in [6.45, 7) is 2.99. The lowest BCUT2D eigenvalue weighted by Crippen LogP contribution is -2.46. The van der Waals surface area contributed by atoms with Gasteiger partial charge in [0.2, 0.25) is 0 Å². The summed E-state index contributed by atoms with van der Waals surface area (Å²) in [5.41, 5.74) is 3.55. The minimum atomic E-state index is -0.123. The third kappa shape index (κ3) is 6.38. The topological polar surface area (TPSA) is 49.4 Å². The smallest absolute Gasteiger partial charge is 0.161 e. The molecule has 0 aromatic heterocycles. The highest BCUT2D eigenvalue weighted by molar-refractivity contribution is 6.30. The van der Waals surface area contributed by atoms with Crippen LogP contribution in [0.3, 0.4) is 0 Å². The highest BCUT2D eigenvalue weighted by atomic mass is 35.5. The SMILES string of the molecule is CCC(Oc1ccc(Cl)cc1)N1CCc2cc(OC)c(OC)cc2C1Cc1ccc(OC)cc1OC.Cl. The third-order valence-electron chi connectivity index (χ3n) is 6.76. The van der Waals surface area contributed by atoms with Crippen LogP contribution in [0.4, 0.5) is 0 Å². The summed E-state index contributed by atoms with van der Waals surface area (Å²) in [4.78, 5) is 2.44. The fourth-order valence-corrected chi connectivity index (χ4v) is 5.03. The van der Waals surface area contributed by atoms with Crippen LogP contribution in [0.5, 0.6) is 28.7 Å². The molecular weight excluding hydrogens is 513 g/mol. The van der Waals surface area contributed by atoms with E-state index in [1.54, 1.807) is 28.4 Å². The molecule has 0 bridgehead atoms. The Bertz CT molecular complexity index is 1170. The summed E-state index contributed by atoms with van der Waals surface area (Å²) in [5, 5.41) is 0.688. The van der Waals surface area contributed by atoms with Crippen LogP contribution in [-0.2, 0) is 12.8 Å². The van der Waals surface area contributed by atoms with Gasteiger partial charge in [0.25, 0.3) is 0 Å². The molecule has 6 nitrogen and oxygen atoms in total. The number of nitrogens with zero attached hydrogens (tertiary/aromatic N) is 1. The average molecular weight is 549 g/mol. The Kier molecular flexibility index (Phi) is 10.2. The number of benzene rings is 3. The van der Waals surface area contributed by atoms with Gasteiger partial charge in [0.15, 0.2) is 17.7 Å². The van der Waals surface area contributed by atoms with E-state index in [1.807, 2.05) is 36.4 Å². The second-order valence-electron chi connectivity index (χ2n) is 8.73. The van der Waals surface area contributed by atoms with Crippen molar-refractivity contribution in [2.75, 3.05) is 35.0 Å². The molecule has 0 aliphatic carbocycles. The van der Waals surface area contributed by atoms with Gasteiger partial charge in [-0.1, -0.05) is 24.6 Å². The van der Waals surface area contributed by atoms with E-state index in [-0.39, 0.29) is 24.7 Å². The first-order chi connectivity index (χ1) is 17.5. The van der Waals surface area contributed by atoms with Crippen LogP contribution < -0.4 is 23.7 Å². The molecule has 1 aliphatic heterocycles. The number of hydrogen-bond donors (Lipinski definition) is 0. The zero-order chi connectivity index (χ0) is 25.7. The van der Waals surface area contributed by atoms with Gasteiger partial charge < -0.3 is 23.7 Å². The van der Waals surface area contributed by atoms with Crippen molar-refractivity contribution in [1.82, 2.24) is 4.90 Å². The zero-order valence-corrected chi connectivity index (χ0v) is 23.5. The van der Waals surface area contributed by atoms with E-state index in [9.17, 15) is 0 Å². The molecule has 0 spiro atoms. The zero-order valence-electron chi connectivity index (χ0n) is 22.0. The number of ether oxygens (including phenoxy) is 5. The highest BCUT2D eigenvalue weighted by Gasteiger charge is 2.34. The van der Waals surface area contributed by atoms with Crippen molar-refractivity contribution in [2.24, 2.45) is 0 Å². The summed E-state index contributed by atoms with van der Waals surface area (Å²) in [5.74, 6) is 3.82. The van der Waals surface area contributed by atoms with Gasteiger partial charge >= 0.3 is 0 Å². The first kappa shape index (κ1) is 28.8. The normalized spacial score (nSPS) is 15.7. The molecule has 0 amide bonds. The van der Waals surface area contributed by atoms with Crippen molar-refractivity contribution in [1.29, 1.82) is 0 Å². The molecule has 4 rings (SSSR count). The van der Waals surface area contributed by atoms with Gasteiger partial charge in [-0.05, 0) is 78.4 Å². The van der Waals surface area contributed by atoms with Crippen LogP contribution in [0.2, 0.25) is 5.02 Å². The van der Waals surface area contributed by atoms with Crippen molar-refractivity contribution < 1.29 is 23.7 Å². The van der Waals surface area contributed by atoms with Crippen molar-refractivity contribution >= 4 is 24.0 Å². The van der Waals surface area contributed by atoms with E-state index in [0.29, 0.717) is 5.02 Å². The highest BCUT2D eigenvalue weighted by Crippen LogP contribution is 2.42. The van der Waals surface area contributed by atoms with Crippen LogP contribution in [-0.4, -0.2) is 46.1 Å². The van der Waals surface area contributed by atoms with Crippen LogP contribution >= 0.6 is 24.0 Å². The van der Waals surface area contributed by atoms with Crippen LogP contribution in [0.25, 0.3) is 0 Å². The lowest BCUT2D eigenvalue weighted by atomic mass is 9.87. The molecule has 0 N–H and O–H groups in total. The molecule has 1 aliphatic rings. The number of methoxy groups -OCH3 is 4. The van der Waals surface area contributed by atoms with E-state index in [0.717, 1.165) is 60.1 Å². The maximum atomic E-state index is 6.50. The van der Waals surface area contributed by atoms with Gasteiger partial charge in [-0.25, -0.2) is 0 Å². The Balaban J connectivity index is 0.00000380. The van der Waals surface area contributed by atoms with E-state index >= 15 is 0 Å². The molecule has 8 heteroatoms. The fraction of sp³-hybridized carbons (Fsp3) is 0.379. The van der Waals surface area contributed by atoms with E-state index < -0.39 is 0 Å². The lowest BCUT2D eigenvalue weighted by molar-refractivity contribution is -0.0144. The Labute approximate surface area is 230 Å². The third-order valence-corrected chi connectivity index (χ3v) is 7.01. The van der Waals surface area contributed by atoms with Crippen molar-refractivity contribution in [2.45, 2.75) is 38.5 Å². The average Bonchev–Trinajstić information content (AvgIpc) is 2.92. The molecule has 200 valence electrons. The van der Waals surface area contributed by atoms with Crippen molar-refractivity contribution in [3.63, 3.8) is 0 Å². The maximum Gasteiger partial charge on any atom is 0.161 e. The number of halogens is 2. The van der Waals surface area contributed by atoms with Crippen LogP contribution in [0.15, 0.2) is 54.6 Å². The Morgan fingerprint density at radius 2 is 1.49 bits per heavy atom. The molecule has 3 aromatic carbocycles. The van der Waals surface area contributed by atoms with E-state index in [4.69, 9.17) is 35.3 Å². The standard InChI is InChI=1S/C29H34ClNO5.ClH/c1-6-29(36-22-11-8-21(30)9-12-22)31-14-13-19-16-27(34-4)28(35-5)18-24(19)25(31)15-20-7-10-23(32-2)17-26(20)33-3;/h7-12,16-18,25,29H,6,13-15H2,1-5H3;1H. The van der Waals surface area contributed by atoms with Gasteiger partial charge in [-0.15, -0.1) is 12.4 Å². The van der Waals surface area contributed by atoms with E-state index in [2.05, 4.69) is 30.0 Å². The minimum Gasteiger partial charge on any atom is -0.497 e. The molecule has 37 heavy (non-hydrogen) atoms. The Morgan fingerprint density at radius 1 is 0.838 bits per heavy atom. The van der Waals surface area contributed by atoms with Crippen molar-refractivity contribution in [3.05, 3.63) is 76.3 Å². The molecule has 3 aromatic rings. The van der Waals surface area contributed by atoms with Gasteiger partial charge in [-0.3, -0.25) is 4.90 Å². The van der Waals surface area contributed by atoms with Gasteiger partial charge in [0.05, 0.1) is 28.4 Å². The Morgan fingerprint density at radius 3 is 2.11 bits per heavy atom. The second-order valence-corrected chi connectivity index (χ2v) is 9.16. The molecule has 0 saturated heterocycles. The predicted molar refractivity (Wildman–Crippen MR) is 149 cm³/mol. The monoisotopic (exact) mass is 547 g/mol. The van der Waals surface area contributed by atoms with Crippen LogP contribution in [0, 0.1) is 0 Å². The molecule has 2 unspecified atom stereocenters. The molecule has 0 saturated carbocycles. The maximum absolute atomic E-state index is 6.50. The van der Waals surface area contributed by atoms with Crippen LogP contribution in [0.1, 0.15) is 36.1 Å². The van der Waals surface area contributed by atoms with Gasteiger partial charge in [-0.2, -0.15) is 0 Å². The first-order valence-corrected chi connectivity index (χ1v) is 12.5. The summed E-state index contributed by atoms with van der Waals surface area (Å²) < 4.78 is 28.9. The molecule has 1 heterocycles. The largest absolute Gasteiger partial charge is 0.497 e. The van der Waals surface area contributed by atoms with Gasteiger partial charge in [0, 0.05) is 23.7 Å². The first-order valence-electron chi connectivity index (χ1n) is 12.1. The number of hydrogen-bond acceptors (Lipinski definition) is 6. The lowest BCUT2D eigenvalue weighted by Gasteiger charge is -2.42. The molecular formula is C29H35Cl2NO5. The summed E-state index contributed by atoms with van der Waals surface area (Å²) >= 11 is 6.10. The molecule has 0 radical (unpaired) electrons. The van der Waals surface area contributed by atoms with E-state index in [1.165, 1.54) is 11.1 Å². The van der Waals surface area contributed by atoms with Crippen molar-refractivity contribution in [3.8, 4) is 28.7 Å². The quantitative estimate of drug-likeness (QED) is 0.279. The summed E-state index contributed by atoms with van der Waals surface area (Å²) in [6.07, 6.45) is 2.31. The predicted octanol–water partition coefficient (Wildman–Crippen LogP) is 6.75.